The molecule has 0 bridgehead atoms. The molecule has 1 heterocycles. The Bertz CT molecular complexity index is 1160. The highest BCUT2D eigenvalue weighted by atomic mass is 32.2. The van der Waals surface area contributed by atoms with Crippen molar-refractivity contribution in [2.75, 3.05) is 13.1 Å². The molecule has 2 aromatic carbocycles. The monoisotopic (exact) mass is 438 g/mol. The summed E-state index contributed by atoms with van der Waals surface area (Å²) >= 11 is 0. The molecule has 0 aliphatic heterocycles. The Morgan fingerprint density at radius 2 is 1.84 bits per heavy atom. The van der Waals surface area contributed by atoms with Gasteiger partial charge in [-0.05, 0) is 80.5 Å². The van der Waals surface area contributed by atoms with Crippen molar-refractivity contribution >= 4 is 20.9 Å². The summed E-state index contributed by atoms with van der Waals surface area (Å²) in [5.74, 6) is 0.643. The fourth-order valence-corrected chi connectivity index (χ4v) is 6.30. The topological polar surface area (TPSA) is 42.3 Å². The molecular formula is C26H34N2O2S. The average molecular weight is 439 g/mol. The molecule has 1 atom stereocenters. The maximum Gasteiger partial charge on any atom is 0.268 e. The summed E-state index contributed by atoms with van der Waals surface area (Å²) in [5, 5.41) is 1.08. The molecule has 166 valence electrons. The average Bonchev–Trinajstić information content (AvgIpc) is 3.18. The third-order valence-electron chi connectivity index (χ3n) is 6.44. The van der Waals surface area contributed by atoms with Crippen LogP contribution in [0.3, 0.4) is 0 Å². The number of rotatable bonds is 7. The number of aryl methyl sites for hydroxylation is 2. The van der Waals surface area contributed by atoms with Gasteiger partial charge in [-0.1, -0.05) is 44.5 Å². The molecular weight excluding hydrogens is 404 g/mol. The van der Waals surface area contributed by atoms with Crippen LogP contribution in [0.1, 0.15) is 50.3 Å². The number of nitrogens with zero attached hydrogens (tertiary/aromatic N) is 2. The van der Waals surface area contributed by atoms with Crippen LogP contribution in [-0.4, -0.2) is 36.4 Å². The van der Waals surface area contributed by atoms with Crippen molar-refractivity contribution in [3.05, 3.63) is 65.4 Å². The zero-order chi connectivity index (χ0) is 22.2. The molecule has 0 spiro atoms. The summed E-state index contributed by atoms with van der Waals surface area (Å²) in [4.78, 5) is 2.98. The highest BCUT2D eigenvalue weighted by Crippen LogP contribution is 2.33. The first-order valence-electron chi connectivity index (χ1n) is 11.5. The Kier molecular flexibility index (Phi) is 6.27. The summed E-state index contributed by atoms with van der Waals surface area (Å²) in [7, 11) is -3.61. The lowest BCUT2D eigenvalue weighted by molar-refractivity contribution is 0.161. The van der Waals surface area contributed by atoms with Gasteiger partial charge in [0.2, 0.25) is 0 Å². The lowest BCUT2D eigenvalue weighted by Gasteiger charge is -2.36. The summed E-state index contributed by atoms with van der Waals surface area (Å²) in [6.07, 6.45) is 6.11. The summed E-state index contributed by atoms with van der Waals surface area (Å²) in [6.45, 7) is 11.0. The van der Waals surface area contributed by atoms with Crippen molar-refractivity contribution in [1.82, 2.24) is 8.87 Å². The van der Waals surface area contributed by atoms with Gasteiger partial charge in [0, 0.05) is 24.2 Å². The van der Waals surface area contributed by atoms with Gasteiger partial charge in [-0.15, -0.1) is 0 Å². The molecule has 0 amide bonds. The largest absolute Gasteiger partial charge is 0.300 e. The third kappa shape index (κ3) is 4.31. The first kappa shape index (κ1) is 22.1. The molecule has 5 heteroatoms. The van der Waals surface area contributed by atoms with E-state index in [1.807, 2.05) is 31.2 Å². The van der Waals surface area contributed by atoms with E-state index in [1.165, 1.54) is 21.5 Å². The molecule has 0 N–H and O–H groups in total. The molecule has 1 aliphatic rings. The van der Waals surface area contributed by atoms with Crippen LogP contribution in [0.25, 0.3) is 10.9 Å². The maximum atomic E-state index is 13.3. The minimum absolute atomic E-state index is 0.331. The highest BCUT2D eigenvalue weighted by Gasteiger charge is 2.27. The first-order valence-corrected chi connectivity index (χ1v) is 12.9. The Hall–Kier alpha value is -2.11. The van der Waals surface area contributed by atoms with Gasteiger partial charge in [-0.3, -0.25) is 4.90 Å². The predicted molar refractivity (Wildman–Crippen MR) is 128 cm³/mol. The summed E-state index contributed by atoms with van der Waals surface area (Å²) < 4.78 is 28.1. The SMILES string of the molecule is CCCN(CC(C)C)[C@@H]1CCc2ccc3c(ccn3S(=O)(=O)c3ccc(C)cc3)c2C1. The highest BCUT2D eigenvalue weighted by molar-refractivity contribution is 7.90. The first-order chi connectivity index (χ1) is 14.8. The predicted octanol–water partition coefficient (Wildman–Crippen LogP) is 5.41. The van der Waals surface area contributed by atoms with Crippen molar-refractivity contribution in [3.8, 4) is 0 Å². The van der Waals surface area contributed by atoms with Crippen molar-refractivity contribution in [1.29, 1.82) is 0 Å². The lowest BCUT2D eigenvalue weighted by Crippen LogP contribution is -2.41. The van der Waals surface area contributed by atoms with E-state index in [-0.39, 0.29) is 0 Å². The number of benzene rings is 2. The van der Waals surface area contributed by atoms with Crippen LogP contribution in [0.4, 0.5) is 0 Å². The van der Waals surface area contributed by atoms with Crippen LogP contribution >= 0.6 is 0 Å². The van der Waals surface area contributed by atoms with Crippen LogP contribution in [0.15, 0.2) is 53.6 Å². The summed E-state index contributed by atoms with van der Waals surface area (Å²) in [5.41, 5.74) is 4.53. The lowest BCUT2D eigenvalue weighted by atomic mass is 9.85. The standard InChI is InChI=1S/C26H34N2O2S/c1-5-15-27(18-19(2)3)22-10-8-21-9-13-26-24(25(21)17-22)14-16-28(26)31(29,30)23-11-6-20(4)7-12-23/h6-7,9,11-14,16,19,22H,5,8,10,15,17-18H2,1-4H3/t22-/m1/s1. The second-order valence-corrected chi connectivity index (χ2v) is 11.2. The Morgan fingerprint density at radius 1 is 1.10 bits per heavy atom. The van der Waals surface area contributed by atoms with Gasteiger partial charge in [-0.25, -0.2) is 12.4 Å². The second kappa shape index (κ2) is 8.79. The molecule has 0 saturated carbocycles. The zero-order valence-corrected chi connectivity index (χ0v) is 20.0. The van der Waals surface area contributed by atoms with Crippen LogP contribution < -0.4 is 0 Å². The van der Waals surface area contributed by atoms with E-state index in [0.29, 0.717) is 16.9 Å². The van der Waals surface area contributed by atoms with Crippen molar-refractivity contribution in [2.45, 2.75) is 64.3 Å². The van der Waals surface area contributed by atoms with E-state index in [0.717, 1.165) is 48.8 Å². The van der Waals surface area contributed by atoms with Crippen LogP contribution in [0.5, 0.6) is 0 Å². The van der Waals surface area contributed by atoms with Gasteiger partial charge in [0.15, 0.2) is 0 Å². The van der Waals surface area contributed by atoms with Crippen LogP contribution in [-0.2, 0) is 22.9 Å². The van der Waals surface area contributed by atoms with Gasteiger partial charge in [0.1, 0.15) is 0 Å². The molecule has 0 unspecified atom stereocenters. The third-order valence-corrected chi connectivity index (χ3v) is 8.14. The molecule has 1 aliphatic carbocycles. The molecule has 4 nitrogen and oxygen atoms in total. The Morgan fingerprint density at radius 3 is 2.52 bits per heavy atom. The van der Waals surface area contributed by atoms with Gasteiger partial charge in [0.05, 0.1) is 10.4 Å². The zero-order valence-electron chi connectivity index (χ0n) is 19.1. The minimum atomic E-state index is -3.61. The van der Waals surface area contributed by atoms with Gasteiger partial charge in [0.25, 0.3) is 10.0 Å². The number of fused-ring (bicyclic) bond motifs is 3. The Balaban J connectivity index is 1.72. The number of hydrogen-bond acceptors (Lipinski definition) is 3. The molecule has 0 radical (unpaired) electrons. The molecule has 31 heavy (non-hydrogen) atoms. The Labute approximate surface area is 186 Å². The fourth-order valence-electron chi connectivity index (χ4n) is 4.96. The van der Waals surface area contributed by atoms with Crippen molar-refractivity contribution in [3.63, 3.8) is 0 Å². The fraction of sp³-hybridized carbons (Fsp3) is 0.462. The maximum absolute atomic E-state index is 13.3. The van der Waals surface area contributed by atoms with Crippen LogP contribution in [0.2, 0.25) is 0 Å². The normalized spacial score (nSPS) is 16.9. The van der Waals surface area contributed by atoms with E-state index in [2.05, 4.69) is 31.7 Å². The minimum Gasteiger partial charge on any atom is -0.300 e. The van der Waals surface area contributed by atoms with E-state index in [9.17, 15) is 8.42 Å². The van der Waals surface area contributed by atoms with Gasteiger partial charge >= 0.3 is 0 Å². The van der Waals surface area contributed by atoms with E-state index in [4.69, 9.17) is 0 Å². The van der Waals surface area contributed by atoms with Gasteiger partial charge in [-0.2, -0.15) is 0 Å². The molecule has 1 aromatic heterocycles. The smallest absolute Gasteiger partial charge is 0.268 e. The van der Waals surface area contributed by atoms with Crippen molar-refractivity contribution in [2.24, 2.45) is 5.92 Å². The number of hydrogen-bond donors (Lipinski definition) is 0. The van der Waals surface area contributed by atoms with Crippen LogP contribution in [0, 0.1) is 12.8 Å². The molecule has 4 rings (SSSR count). The van der Waals surface area contributed by atoms with E-state index >= 15 is 0 Å². The van der Waals surface area contributed by atoms with E-state index < -0.39 is 10.0 Å². The molecule has 0 fully saturated rings. The van der Waals surface area contributed by atoms with Crippen molar-refractivity contribution < 1.29 is 8.42 Å². The molecule has 0 saturated heterocycles. The number of aromatic nitrogens is 1. The second-order valence-electron chi connectivity index (χ2n) is 9.35. The van der Waals surface area contributed by atoms with Gasteiger partial charge < -0.3 is 0 Å². The van der Waals surface area contributed by atoms with E-state index in [1.54, 1.807) is 18.3 Å². The summed E-state index contributed by atoms with van der Waals surface area (Å²) in [6, 6.07) is 13.7. The molecule has 3 aromatic rings. The quantitative estimate of drug-likeness (QED) is 0.495.